The molecule has 0 aliphatic heterocycles. The number of halogens is 3. The Morgan fingerprint density at radius 1 is 1.25 bits per heavy atom. The number of phenolic OH excluding ortho intramolecular Hbond substituents is 1. The van der Waals surface area contributed by atoms with Crippen LogP contribution in [0, 0.1) is 22.7 Å². The lowest BCUT2D eigenvalue weighted by atomic mass is 10.0. The number of nitriles is 2. The van der Waals surface area contributed by atoms with E-state index in [1.807, 2.05) is 0 Å². The van der Waals surface area contributed by atoms with E-state index < -0.39 is 29.5 Å². The number of hydrogen-bond acceptors (Lipinski definition) is 3. The molecule has 0 radical (unpaired) electrons. The summed E-state index contributed by atoms with van der Waals surface area (Å²) >= 11 is 0. The lowest BCUT2D eigenvalue weighted by Crippen LogP contribution is -2.09. The molecule has 0 unspecified atom stereocenters. The van der Waals surface area contributed by atoms with Crippen LogP contribution in [0.2, 0.25) is 0 Å². The first-order chi connectivity index (χ1) is 7.40. The first kappa shape index (κ1) is 11.9. The molecule has 0 fully saturated rings. The summed E-state index contributed by atoms with van der Waals surface area (Å²) in [6.45, 7) is 0. The van der Waals surface area contributed by atoms with Crippen molar-refractivity contribution in [2.75, 3.05) is 0 Å². The standard InChI is InChI=1S/C10H5F3N2O/c11-10(12,13)8-3-7(5-15)9(16)4-6(8)1-2-14/h3-4,16H,1H2. The number of benzene rings is 1. The topological polar surface area (TPSA) is 67.8 Å². The highest BCUT2D eigenvalue weighted by atomic mass is 19.4. The molecular formula is C10H5F3N2O. The molecule has 0 saturated carbocycles. The zero-order valence-corrected chi connectivity index (χ0v) is 7.84. The van der Waals surface area contributed by atoms with E-state index in [4.69, 9.17) is 10.5 Å². The van der Waals surface area contributed by atoms with Crippen LogP contribution >= 0.6 is 0 Å². The second kappa shape index (κ2) is 4.11. The second-order valence-electron chi connectivity index (χ2n) is 2.97. The predicted molar refractivity (Wildman–Crippen MR) is 47.1 cm³/mol. The van der Waals surface area contributed by atoms with Crippen LogP contribution in [0.4, 0.5) is 13.2 Å². The quantitative estimate of drug-likeness (QED) is 0.799. The third-order valence-electron chi connectivity index (χ3n) is 1.92. The summed E-state index contributed by atoms with van der Waals surface area (Å²) < 4.78 is 37.6. The molecule has 0 aliphatic rings. The smallest absolute Gasteiger partial charge is 0.416 e. The third kappa shape index (κ3) is 2.23. The first-order valence-corrected chi connectivity index (χ1v) is 4.10. The van der Waals surface area contributed by atoms with Gasteiger partial charge in [0.2, 0.25) is 0 Å². The van der Waals surface area contributed by atoms with Crippen LogP contribution in [0.5, 0.6) is 5.75 Å². The number of rotatable bonds is 1. The molecule has 0 amide bonds. The molecule has 0 saturated heterocycles. The van der Waals surface area contributed by atoms with Crippen LogP contribution in [0.3, 0.4) is 0 Å². The Kier molecular flexibility index (Phi) is 3.05. The van der Waals surface area contributed by atoms with Crippen molar-refractivity contribution in [1.82, 2.24) is 0 Å². The van der Waals surface area contributed by atoms with Crippen LogP contribution in [0.1, 0.15) is 16.7 Å². The molecular weight excluding hydrogens is 221 g/mol. The lowest BCUT2D eigenvalue weighted by molar-refractivity contribution is -0.138. The maximum atomic E-state index is 12.5. The Morgan fingerprint density at radius 3 is 2.31 bits per heavy atom. The molecule has 16 heavy (non-hydrogen) atoms. The minimum Gasteiger partial charge on any atom is -0.507 e. The van der Waals surface area contributed by atoms with Crippen molar-refractivity contribution in [3.05, 3.63) is 28.8 Å². The SMILES string of the molecule is N#CCc1cc(O)c(C#N)cc1C(F)(F)F. The van der Waals surface area contributed by atoms with Gasteiger partial charge in [-0.15, -0.1) is 0 Å². The molecule has 1 aromatic rings. The molecule has 0 bridgehead atoms. The minimum atomic E-state index is -4.65. The highest BCUT2D eigenvalue weighted by Gasteiger charge is 2.34. The fraction of sp³-hybridized carbons (Fsp3) is 0.200. The van der Waals surface area contributed by atoms with Crippen LogP contribution in [0.15, 0.2) is 12.1 Å². The van der Waals surface area contributed by atoms with Crippen LogP contribution in [-0.2, 0) is 12.6 Å². The van der Waals surface area contributed by atoms with Crippen molar-refractivity contribution >= 4 is 0 Å². The molecule has 0 heterocycles. The molecule has 1 rings (SSSR count). The van der Waals surface area contributed by atoms with Crippen molar-refractivity contribution < 1.29 is 18.3 Å². The Hall–Kier alpha value is -2.21. The van der Waals surface area contributed by atoms with Gasteiger partial charge in [-0.1, -0.05) is 0 Å². The Bertz CT molecular complexity index is 495. The number of nitrogens with zero attached hydrogens (tertiary/aromatic N) is 2. The summed E-state index contributed by atoms with van der Waals surface area (Å²) in [4.78, 5) is 0. The summed E-state index contributed by atoms with van der Waals surface area (Å²) in [5.74, 6) is -0.555. The van der Waals surface area contributed by atoms with Crippen LogP contribution in [0.25, 0.3) is 0 Å². The van der Waals surface area contributed by atoms with E-state index in [0.29, 0.717) is 6.07 Å². The largest absolute Gasteiger partial charge is 0.507 e. The van der Waals surface area contributed by atoms with Gasteiger partial charge in [-0.05, 0) is 17.7 Å². The van der Waals surface area contributed by atoms with Gasteiger partial charge in [0, 0.05) is 0 Å². The maximum absolute atomic E-state index is 12.5. The van der Waals surface area contributed by atoms with Gasteiger partial charge in [-0.3, -0.25) is 0 Å². The van der Waals surface area contributed by atoms with Crippen molar-refractivity contribution in [2.45, 2.75) is 12.6 Å². The van der Waals surface area contributed by atoms with Gasteiger partial charge >= 0.3 is 6.18 Å². The normalized spacial score (nSPS) is 10.6. The monoisotopic (exact) mass is 226 g/mol. The van der Waals surface area contributed by atoms with E-state index in [-0.39, 0.29) is 5.56 Å². The van der Waals surface area contributed by atoms with Gasteiger partial charge in [0.15, 0.2) is 0 Å². The van der Waals surface area contributed by atoms with Gasteiger partial charge in [0.1, 0.15) is 11.8 Å². The molecule has 0 aliphatic carbocycles. The van der Waals surface area contributed by atoms with Gasteiger partial charge in [0.05, 0.1) is 23.6 Å². The number of alkyl halides is 3. The summed E-state index contributed by atoms with van der Waals surface area (Å²) in [6, 6.07) is 4.35. The third-order valence-corrected chi connectivity index (χ3v) is 1.92. The van der Waals surface area contributed by atoms with Crippen LogP contribution < -0.4 is 0 Å². The number of hydrogen-bond donors (Lipinski definition) is 1. The minimum absolute atomic E-state index is 0.341. The zero-order chi connectivity index (χ0) is 12.3. The maximum Gasteiger partial charge on any atom is 0.416 e. The molecule has 3 nitrogen and oxygen atoms in total. The second-order valence-corrected chi connectivity index (χ2v) is 2.97. The van der Waals surface area contributed by atoms with Crippen molar-refractivity contribution in [1.29, 1.82) is 10.5 Å². The average molecular weight is 226 g/mol. The van der Waals surface area contributed by atoms with Crippen molar-refractivity contribution in [3.8, 4) is 17.9 Å². The van der Waals surface area contributed by atoms with Crippen molar-refractivity contribution in [2.24, 2.45) is 0 Å². The van der Waals surface area contributed by atoms with Crippen molar-refractivity contribution in [3.63, 3.8) is 0 Å². The summed E-state index contributed by atoms with van der Waals surface area (Å²) in [5, 5.41) is 26.1. The Balaban J connectivity index is 3.46. The Labute approximate surface area is 89.0 Å². The van der Waals surface area contributed by atoms with Gasteiger partial charge in [-0.2, -0.15) is 23.7 Å². The van der Waals surface area contributed by atoms with E-state index in [1.54, 1.807) is 6.07 Å². The zero-order valence-electron chi connectivity index (χ0n) is 7.84. The average Bonchev–Trinajstić information content (AvgIpc) is 2.16. The fourth-order valence-electron chi connectivity index (χ4n) is 1.22. The molecule has 82 valence electrons. The fourth-order valence-corrected chi connectivity index (χ4v) is 1.22. The molecule has 1 N–H and O–H groups in total. The van der Waals surface area contributed by atoms with Gasteiger partial charge < -0.3 is 5.11 Å². The van der Waals surface area contributed by atoms with E-state index in [1.165, 1.54) is 6.07 Å². The van der Waals surface area contributed by atoms with E-state index >= 15 is 0 Å². The van der Waals surface area contributed by atoms with Gasteiger partial charge in [-0.25, -0.2) is 0 Å². The summed E-state index contributed by atoms with van der Waals surface area (Å²) in [7, 11) is 0. The predicted octanol–water partition coefficient (Wildman–Crippen LogP) is 2.35. The molecule has 1 aromatic carbocycles. The van der Waals surface area contributed by atoms with E-state index in [2.05, 4.69) is 0 Å². The number of phenols is 1. The first-order valence-electron chi connectivity index (χ1n) is 4.10. The summed E-state index contributed by atoms with van der Waals surface area (Å²) in [5.41, 5.74) is -1.87. The molecule has 0 spiro atoms. The van der Waals surface area contributed by atoms with Crippen LogP contribution in [-0.4, -0.2) is 5.11 Å². The molecule has 0 aromatic heterocycles. The lowest BCUT2D eigenvalue weighted by Gasteiger charge is -2.11. The molecule has 0 atom stereocenters. The number of aromatic hydroxyl groups is 1. The van der Waals surface area contributed by atoms with E-state index in [9.17, 15) is 18.3 Å². The van der Waals surface area contributed by atoms with E-state index in [0.717, 1.165) is 6.07 Å². The Morgan fingerprint density at radius 2 is 1.88 bits per heavy atom. The van der Waals surface area contributed by atoms with Gasteiger partial charge in [0.25, 0.3) is 0 Å². The highest BCUT2D eigenvalue weighted by Crippen LogP contribution is 2.35. The highest BCUT2D eigenvalue weighted by molar-refractivity contribution is 5.49. The molecule has 6 heteroatoms. The summed E-state index contributed by atoms with van der Waals surface area (Å²) in [6.07, 6.45) is -5.13.